The van der Waals surface area contributed by atoms with Crippen molar-refractivity contribution in [2.75, 3.05) is 13.7 Å². The summed E-state index contributed by atoms with van der Waals surface area (Å²) in [6.07, 6.45) is 0. The third-order valence-corrected chi connectivity index (χ3v) is 4.30. The Morgan fingerprint density at radius 3 is 2.46 bits per heavy atom. The Kier molecular flexibility index (Phi) is 6.90. The third-order valence-electron chi connectivity index (χ3n) is 3.44. The first-order chi connectivity index (χ1) is 11.3. The van der Waals surface area contributed by atoms with E-state index in [-0.39, 0.29) is 22.8 Å². The molecule has 1 heterocycles. The SMILES string of the molecule is Br.COCCn1c(-c2ccccc2)csc1=Nc1ccc(F)cc1. The minimum atomic E-state index is -0.257. The Morgan fingerprint density at radius 1 is 1.08 bits per heavy atom. The van der Waals surface area contributed by atoms with Crippen molar-refractivity contribution in [2.24, 2.45) is 4.99 Å². The fourth-order valence-electron chi connectivity index (χ4n) is 2.28. The highest BCUT2D eigenvalue weighted by Crippen LogP contribution is 2.20. The lowest BCUT2D eigenvalue weighted by Gasteiger charge is -2.08. The van der Waals surface area contributed by atoms with Crippen molar-refractivity contribution in [3.63, 3.8) is 0 Å². The van der Waals surface area contributed by atoms with E-state index in [1.807, 2.05) is 18.2 Å². The van der Waals surface area contributed by atoms with Crippen LogP contribution in [-0.4, -0.2) is 18.3 Å². The van der Waals surface area contributed by atoms with Gasteiger partial charge in [-0.2, -0.15) is 0 Å². The van der Waals surface area contributed by atoms with Gasteiger partial charge in [-0.05, 0) is 29.8 Å². The van der Waals surface area contributed by atoms with Crippen LogP contribution in [0.25, 0.3) is 11.3 Å². The minimum absolute atomic E-state index is 0. The molecule has 3 aromatic rings. The lowest BCUT2D eigenvalue weighted by Crippen LogP contribution is -2.18. The number of ether oxygens (including phenoxy) is 1. The zero-order chi connectivity index (χ0) is 16.1. The molecule has 0 radical (unpaired) electrons. The highest BCUT2D eigenvalue weighted by molar-refractivity contribution is 8.93. The molecule has 0 unspecified atom stereocenters. The van der Waals surface area contributed by atoms with E-state index in [4.69, 9.17) is 4.74 Å². The van der Waals surface area contributed by atoms with Gasteiger partial charge in [0.25, 0.3) is 0 Å². The maximum Gasteiger partial charge on any atom is 0.190 e. The Labute approximate surface area is 154 Å². The molecule has 24 heavy (non-hydrogen) atoms. The summed E-state index contributed by atoms with van der Waals surface area (Å²) >= 11 is 1.57. The summed E-state index contributed by atoms with van der Waals surface area (Å²) in [5, 5.41) is 2.09. The Balaban J connectivity index is 0.00000208. The molecule has 0 aliphatic carbocycles. The molecule has 0 bridgehead atoms. The molecule has 0 saturated heterocycles. The number of hydrogen-bond acceptors (Lipinski definition) is 3. The van der Waals surface area contributed by atoms with Crippen LogP contribution in [0.15, 0.2) is 65.0 Å². The predicted octanol–water partition coefficient (Wildman–Crippen LogP) is 4.81. The van der Waals surface area contributed by atoms with Crippen molar-refractivity contribution < 1.29 is 9.13 Å². The van der Waals surface area contributed by atoms with Crippen molar-refractivity contribution in [2.45, 2.75) is 6.54 Å². The van der Waals surface area contributed by atoms with Crippen LogP contribution in [0.1, 0.15) is 0 Å². The lowest BCUT2D eigenvalue weighted by molar-refractivity contribution is 0.187. The summed E-state index contributed by atoms with van der Waals surface area (Å²) < 4.78 is 20.4. The Morgan fingerprint density at radius 2 is 1.79 bits per heavy atom. The lowest BCUT2D eigenvalue weighted by atomic mass is 10.2. The Hall–Kier alpha value is -1.76. The van der Waals surface area contributed by atoms with Crippen molar-refractivity contribution in [1.29, 1.82) is 0 Å². The van der Waals surface area contributed by atoms with E-state index in [1.54, 1.807) is 30.6 Å². The first kappa shape index (κ1) is 18.6. The fourth-order valence-corrected chi connectivity index (χ4v) is 3.24. The summed E-state index contributed by atoms with van der Waals surface area (Å²) in [6, 6.07) is 16.4. The van der Waals surface area contributed by atoms with Gasteiger partial charge in [-0.15, -0.1) is 28.3 Å². The van der Waals surface area contributed by atoms with Crippen LogP contribution in [0.3, 0.4) is 0 Å². The first-order valence-electron chi connectivity index (χ1n) is 7.31. The van der Waals surface area contributed by atoms with Gasteiger partial charge in [0.1, 0.15) is 5.82 Å². The van der Waals surface area contributed by atoms with Crippen molar-refractivity contribution >= 4 is 34.0 Å². The molecule has 2 aromatic carbocycles. The second-order valence-electron chi connectivity index (χ2n) is 5.00. The predicted molar refractivity (Wildman–Crippen MR) is 102 cm³/mol. The van der Waals surface area contributed by atoms with Crippen LogP contribution in [0.5, 0.6) is 0 Å². The zero-order valence-electron chi connectivity index (χ0n) is 13.2. The summed E-state index contributed by atoms with van der Waals surface area (Å²) in [5.41, 5.74) is 2.98. The summed E-state index contributed by atoms with van der Waals surface area (Å²) in [7, 11) is 1.69. The molecule has 0 amide bonds. The van der Waals surface area contributed by atoms with Crippen molar-refractivity contribution in [3.8, 4) is 11.3 Å². The van der Waals surface area contributed by atoms with E-state index in [1.165, 1.54) is 12.1 Å². The number of rotatable bonds is 5. The number of methoxy groups -OCH3 is 1. The molecule has 0 aliphatic heterocycles. The first-order valence-corrected chi connectivity index (χ1v) is 8.19. The molecule has 1 aromatic heterocycles. The Bertz CT molecular complexity index is 828. The quantitative estimate of drug-likeness (QED) is 0.594. The highest BCUT2D eigenvalue weighted by atomic mass is 79.9. The standard InChI is InChI=1S/C18H17FN2OS.BrH/c1-22-12-11-21-17(14-5-3-2-4-6-14)13-23-18(21)20-16-9-7-15(19)8-10-16;/h2-10,13H,11-12H2,1H3;1H. The number of aromatic nitrogens is 1. The normalized spacial score (nSPS) is 11.3. The number of halogens is 2. The largest absolute Gasteiger partial charge is 0.383 e. The van der Waals surface area contributed by atoms with Gasteiger partial charge in [-0.3, -0.25) is 0 Å². The molecular weight excluding hydrogens is 391 g/mol. The van der Waals surface area contributed by atoms with Gasteiger partial charge in [0.15, 0.2) is 4.80 Å². The molecule has 6 heteroatoms. The zero-order valence-corrected chi connectivity index (χ0v) is 15.7. The van der Waals surface area contributed by atoms with E-state index >= 15 is 0 Å². The van der Waals surface area contributed by atoms with Crippen LogP contribution >= 0.6 is 28.3 Å². The average molecular weight is 409 g/mol. The molecule has 0 atom stereocenters. The van der Waals surface area contributed by atoms with Crippen LogP contribution in [-0.2, 0) is 11.3 Å². The molecule has 3 rings (SSSR count). The van der Waals surface area contributed by atoms with Crippen molar-refractivity contribution in [1.82, 2.24) is 4.57 Å². The van der Waals surface area contributed by atoms with Gasteiger partial charge >= 0.3 is 0 Å². The van der Waals surface area contributed by atoms with Crippen LogP contribution in [0, 0.1) is 5.82 Å². The molecule has 0 spiro atoms. The van der Waals surface area contributed by atoms with Crippen LogP contribution < -0.4 is 4.80 Å². The van der Waals surface area contributed by atoms with E-state index < -0.39 is 0 Å². The van der Waals surface area contributed by atoms with Crippen molar-refractivity contribution in [3.05, 3.63) is 70.6 Å². The molecule has 0 saturated carbocycles. The van der Waals surface area contributed by atoms with E-state index in [2.05, 4.69) is 27.1 Å². The van der Waals surface area contributed by atoms with Crippen LogP contribution in [0.2, 0.25) is 0 Å². The van der Waals surface area contributed by atoms with Gasteiger partial charge < -0.3 is 9.30 Å². The number of hydrogen-bond donors (Lipinski definition) is 0. The van der Waals surface area contributed by atoms with E-state index in [0.717, 1.165) is 21.7 Å². The summed E-state index contributed by atoms with van der Waals surface area (Å²) in [6.45, 7) is 1.32. The van der Waals surface area contributed by atoms with Gasteiger partial charge in [-0.1, -0.05) is 30.3 Å². The monoisotopic (exact) mass is 408 g/mol. The smallest absolute Gasteiger partial charge is 0.190 e. The molecule has 0 N–H and O–H groups in total. The topological polar surface area (TPSA) is 26.5 Å². The molecule has 126 valence electrons. The molecule has 3 nitrogen and oxygen atoms in total. The highest BCUT2D eigenvalue weighted by Gasteiger charge is 2.07. The molecule has 0 aliphatic rings. The molecule has 0 fully saturated rings. The number of thiazole rings is 1. The number of nitrogens with zero attached hydrogens (tertiary/aromatic N) is 2. The second kappa shape index (κ2) is 8.92. The number of benzene rings is 2. The maximum atomic E-state index is 13.0. The van der Waals surface area contributed by atoms with Crippen LogP contribution in [0.4, 0.5) is 10.1 Å². The maximum absolute atomic E-state index is 13.0. The molecular formula is C18H18BrFN2OS. The van der Waals surface area contributed by atoms with Gasteiger partial charge in [0.2, 0.25) is 0 Å². The third kappa shape index (κ3) is 4.41. The summed E-state index contributed by atoms with van der Waals surface area (Å²) in [5.74, 6) is -0.257. The van der Waals surface area contributed by atoms with E-state index in [0.29, 0.717) is 13.2 Å². The minimum Gasteiger partial charge on any atom is -0.383 e. The fraction of sp³-hybridized carbons (Fsp3) is 0.167. The van der Waals surface area contributed by atoms with E-state index in [9.17, 15) is 4.39 Å². The second-order valence-corrected chi connectivity index (χ2v) is 5.84. The van der Waals surface area contributed by atoms with Gasteiger partial charge in [0.05, 0.1) is 18.0 Å². The summed E-state index contributed by atoms with van der Waals surface area (Å²) in [4.78, 5) is 5.51. The van der Waals surface area contributed by atoms with Gasteiger partial charge in [0, 0.05) is 19.0 Å². The average Bonchev–Trinajstić information content (AvgIpc) is 2.98. The van der Waals surface area contributed by atoms with Gasteiger partial charge in [-0.25, -0.2) is 9.38 Å².